The summed E-state index contributed by atoms with van der Waals surface area (Å²) in [6, 6.07) is 3.01. The topological polar surface area (TPSA) is 94.0 Å². The molecule has 0 amide bonds. The molecule has 2 aromatic rings. The first-order valence-electron chi connectivity index (χ1n) is 4.77. The highest BCUT2D eigenvalue weighted by atomic mass is 16.4. The van der Waals surface area contributed by atoms with Gasteiger partial charge in [0, 0.05) is 6.42 Å². The monoisotopic (exact) mass is 222 g/mol. The van der Waals surface area contributed by atoms with Gasteiger partial charge < -0.3 is 9.52 Å². The largest absolute Gasteiger partial charge is 0.475 e. The van der Waals surface area contributed by atoms with Crippen molar-refractivity contribution in [2.24, 2.45) is 0 Å². The van der Waals surface area contributed by atoms with Gasteiger partial charge in [0.25, 0.3) is 0 Å². The van der Waals surface area contributed by atoms with Crippen molar-refractivity contribution in [1.29, 1.82) is 0 Å². The molecule has 0 fully saturated rings. The summed E-state index contributed by atoms with van der Waals surface area (Å²) in [7, 11) is 0. The first-order valence-corrected chi connectivity index (χ1v) is 4.77. The zero-order valence-corrected chi connectivity index (χ0v) is 8.62. The predicted molar refractivity (Wildman–Crippen MR) is 52.0 cm³/mol. The van der Waals surface area contributed by atoms with Gasteiger partial charge in [0.1, 0.15) is 12.3 Å². The van der Waals surface area contributed by atoms with Gasteiger partial charge in [-0.1, -0.05) is 6.92 Å². The molecule has 0 radical (unpaired) electrons. The lowest BCUT2D eigenvalue weighted by molar-refractivity contribution is 0.0660. The molecular weight excluding hydrogens is 212 g/mol. The summed E-state index contributed by atoms with van der Waals surface area (Å²) in [5.74, 6) is 0.0764. The molecule has 16 heavy (non-hydrogen) atoms. The van der Waals surface area contributed by atoms with Crippen LogP contribution >= 0.6 is 0 Å². The van der Waals surface area contributed by atoms with Crippen molar-refractivity contribution in [3.63, 3.8) is 0 Å². The van der Waals surface area contributed by atoms with Gasteiger partial charge in [0.15, 0.2) is 5.82 Å². The molecule has 2 rings (SSSR count). The first kappa shape index (κ1) is 10.3. The number of rotatable bonds is 4. The highest BCUT2D eigenvalue weighted by molar-refractivity contribution is 5.84. The number of aromatic nitrogens is 4. The minimum absolute atomic E-state index is 0.0823. The smallest absolute Gasteiger partial charge is 0.371 e. The van der Waals surface area contributed by atoms with Crippen LogP contribution in [0.1, 0.15) is 29.1 Å². The Balaban J connectivity index is 2.17. The number of furan rings is 1. The molecule has 84 valence electrons. The minimum Gasteiger partial charge on any atom is -0.475 e. The van der Waals surface area contributed by atoms with Crippen molar-refractivity contribution in [2.75, 3.05) is 0 Å². The summed E-state index contributed by atoms with van der Waals surface area (Å²) < 4.78 is 6.68. The Labute approximate surface area is 90.7 Å². The summed E-state index contributed by atoms with van der Waals surface area (Å²) in [5.41, 5.74) is 0. The van der Waals surface area contributed by atoms with Crippen molar-refractivity contribution < 1.29 is 14.3 Å². The summed E-state index contributed by atoms with van der Waals surface area (Å²) in [4.78, 5) is 10.6. The Hall–Kier alpha value is -2.18. The molecule has 0 spiro atoms. The van der Waals surface area contributed by atoms with E-state index in [1.165, 1.54) is 6.07 Å². The molecule has 0 aliphatic rings. The summed E-state index contributed by atoms with van der Waals surface area (Å²) in [5, 5.41) is 19.8. The number of carboxylic acids is 1. The van der Waals surface area contributed by atoms with Gasteiger partial charge >= 0.3 is 5.97 Å². The van der Waals surface area contributed by atoms with Crippen LogP contribution < -0.4 is 0 Å². The van der Waals surface area contributed by atoms with E-state index in [0.29, 0.717) is 18.7 Å². The van der Waals surface area contributed by atoms with Crippen molar-refractivity contribution >= 4 is 5.97 Å². The standard InChI is InChI=1S/C9H10N4O3/c1-2-8-10-11-12-13(8)5-6-3-4-7(16-6)9(14)15/h3-4H,2,5H2,1H3,(H,14,15). The zero-order chi connectivity index (χ0) is 11.5. The average Bonchev–Trinajstić information content (AvgIpc) is 2.87. The summed E-state index contributed by atoms with van der Waals surface area (Å²) >= 11 is 0. The number of tetrazole rings is 1. The lowest BCUT2D eigenvalue weighted by Crippen LogP contribution is -2.05. The van der Waals surface area contributed by atoms with Gasteiger partial charge in [-0.2, -0.15) is 0 Å². The molecule has 2 heterocycles. The molecule has 7 nitrogen and oxygen atoms in total. The van der Waals surface area contributed by atoms with Crippen molar-refractivity contribution in [2.45, 2.75) is 19.9 Å². The zero-order valence-electron chi connectivity index (χ0n) is 8.62. The Bertz CT molecular complexity index is 502. The number of hydrogen-bond acceptors (Lipinski definition) is 5. The summed E-state index contributed by atoms with van der Waals surface area (Å²) in [6.07, 6.45) is 0.708. The molecule has 0 saturated heterocycles. The molecule has 7 heteroatoms. The van der Waals surface area contributed by atoms with E-state index >= 15 is 0 Å². The highest BCUT2D eigenvalue weighted by Crippen LogP contribution is 2.09. The molecule has 0 saturated carbocycles. The van der Waals surface area contributed by atoms with Crippen LogP contribution in [-0.4, -0.2) is 31.3 Å². The van der Waals surface area contributed by atoms with E-state index in [2.05, 4.69) is 15.5 Å². The molecule has 0 aromatic carbocycles. The van der Waals surface area contributed by atoms with Crippen LogP contribution in [-0.2, 0) is 13.0 Å². The first-order chi connectivity index (χ1) is 7.70. The fraction of sp³-hybridized carbons (Fsp3) is 0.333. The molecule has 0 aliphatic heterocycles. The number of aryl methyl sites for hydroxylation is 1. The lowest BCUT2D eigenvalue weighted by Gasteiger charge is -1.99. The third-order valence-electron chi connectivity index (χ3n) is 2.10. The number of carbonyl (C=O) groups is 1. The van der Waals surface area contributed by atoms with E-state index in [0.717, 1.165) is 5.82 Å². The van der Waals surface area contributed by atoms with Crippen molar-refractivity contribution in [3.8, 4) is 0 Å². The van der Waals surface area contributed by atoms with Crippen LogP contribution in [0.25, 0.3) is 0 Å². The van der Waals surface area contributed by atoms with Gasteiger partial charge in [0.05, 0.1) is 0 Å². The Morgan fingerprint density at radius 2 is 2.38 bits per heavy atom. The maximum Gasteiger partial charge on any atom is 0.371 e. The number of carboxylic acid groups (broad SMARTS) is 1. The van der Waals surface area contributed by atoms with E-state index in [1.54, 1.807) is 10.7 Å². The van der Waals surface area contributed by atoms with Crippen LogP contribution in [0.2, 0.25) is 0 Å². The lowest BCUT2D eigenvalue weighted by atomic mass is 10.4. The molecule has 0 unspecified atom stereocenters. The Morgan fingerprint density at radius 3 is 3.00 bits per heavy atom. The van der Waals surface area contributed by atoms with E-state index in [1.807, 2.05) is 6.92 Å². The van der Waals surface area contributed by atoms with Gasteiger partial charge in [-0.25, -0.2) is 9.48 Å². The molecule has 0 atom stereocenters. The molecule has 0 aliphatic carbocycles. The average molecular weight is 222 g/mol. The van der Waals surface area contributed by atoms with Crippen LogP contribution in [0.4, 0.5) is 0 Å². The van der Waals surface area contributed by atoms with E-state index in [-0.39, 0.29) is 5.76 Å². The number of aromatic carboxylic acids is 1. The Morgan fingerprint density at radius 1 is 1.56 bits per heavy atom. The van der Waals surface area contributed by atoms with E-state index < -0.39 is 5.97 Å². The maximum atomic E-state index is 10.6. The van der Waals surface area contributed by atoms with Crippen molar-refractivity contribution in [1.82, 2.24) is 20.2 Å². The fourth-order valence-corrected chi connectivity index (χ4v) is 1.32. The second-order valence-electron chi connectivity index (χ2n) is 3.18. The second kappa shape index (κ2) is 4.13. The molecule has 2 aromatic heterocycles. The van der Waals surface area contributed by atoms with Gasteiger partial charge in [-0.3, -0.25) is 0 Å². The van der Waals surface area contributed by atoms with Gasteiger partial charge in [0.2, 0.25) is 5.76 Å². The minimum atomic E-state index is -1.08. The van der Waals surface area contributed by atoms with Gasteiger partial charge in [-0.05, 0) is 22.6 Å². The van der Waals surface area contributed by atoms with Crippen LogP contribution in [0, 0.1) is 0 Å². The molecular formula is C9H10N4O3. The Kier molecular flexibility index (Phi) is 2.67. The van der Waals surface area contributed by atoms with Crippen LogP contribution in [0.15, 0.2) is 16.5 Å². The SMILES string of the molecule is CCc1nnnn1Cc1ccc(C(=O)O)o1. The number of hydrogen-bond donors (Lipinski definition) is 1. The maximum absolute atomic E-state index is 10.6. The van der Waals surface area contributed by atoms with Crippen molar-refractivity contribution in [3.05, 3.63) is 29.5 Å². The predicted octanol–water partition coefficient (Wildman–Crippen LogP) is 0.575. The van der Waals surface area contributed by atoms with E-state index in [9.17, 15) is 4.79 Å². The van der Waals surface area contributed by atoms with Crippen LogP contribution in [0.3, 0.4) is 0 Å². The highest BCUT2D eigenvalue weighted by Gasteiger charge is 2.11. The third kappa shape index (κ3) is 1.92. The number of nitrogens with zero attached hydrogens (tertiary/aromatic N) is 4. The molecule has 0 bridgehead atoms. The van der Waals surface area contributed by atoms with E-state index in [4.69, 9.17) is 9.52 Å². The second-order valence-corrected chi connectivity index (χ2v) is 3.18. The quantitative estimate of drug-likeness (QED) is 0.812. The van der Waals surface area contributed by atoms with Crippen LogP contribution in [0.5, 0.6) is 0 Å². The fourth-order valence-electron chi connectivity index (χ4n) is 1.32. The third-order valence-corrected chi connectivity index (χ3v) is 2.10. The normalized spacial score (nSPS) is 10.6. The summed E-state index contributed by atoms with van der Waals surface area (Å²) in [6.45, 7) is 2.27. The molecule has 1 N–H and O–H groups in total. The van der Waals surface area contributed by atoms with Gasteiger partial charge in [-0.15, -0.1) is 5.10 Å².